The molecule has 5 heteroatoms. The molecule has 0 aromatic heterocycles. The average Bonchev–Trinajstić information content (AvgIpc) is 3.06. The molecule has 5 nitrogen and oxygen atoms in total. The van der Waals surface area contributed by atoms with Crippen LogP contribution in [0.1, 0.15) is 39.5 Å². The van der Waals surface area contributed by atoms with Crippen molar-refractivity contribution in [3.63, 3.8) is 0 Å². The molecule has 0 fully saturated rings. The highest BCUT2D eigenvalue weighted by Crippen LogP contribution is 2.55. The van der Waals surface area contributed by atoms with Gasteiger partial charge >= 0.3 is 0 Å². The molecule has 158 valence electrons. The van der Waals surface area contributed by atoms with Gasteiger partial charge in [0.25, 0.3) is 11.8 Å². The van der Waals surface area contributed by atoms with Gasteiger partial charge in [-0.3, -0.25) is 24.2 Å². The Morgan fingerprint density at radius 3 is 2.34 bits per heavy atom. The zero-order valence-electron chi connectivity index (χ0n) is 18.0. The van der Waals surface area contributed by atoms with E-state index in [0.717, 1.165) is 16.7 Å². The summed E-state index contributed by atoms with van der Waals surface area (Å²) in [4.78, 5) is 43.6. The summed E-state index contributed by atoms with van der Waals surface area (Å²) in [5, 5.41) is 0. The fraction of sp³-hybridized carbons (Fsp3) is 0.148. The van der Waals surface area contributed by atoms with Gasteiger partial charge in [-0.25, -0.2) is 0 Å². The molecule has 0 saturated heterocycles. The molecule has 32 heavy (non-hydrogen) atoms. The van der Waals surface area contributed by atoms with E-state index in [0.29, 0.717) is 22.4 Å². The largest absolute Gasteiger partial charge is 0.288 e. The topological polar surface area (TPSA) is 57.7 Å². The molecule has 3 aromatic carbocycles. The predicted molar refractivity (Wildman–Crippen MR) is 123 cm³/mol. The first-order valence-corrected chi connectivity index (χ1v) is 10.5. The SMILES string of the molecule is C=C1c2ccccc2N(C(C)=O)C12C(=O)N(Cc1ccccc1)C(=O)c1cc(C)ccc12. The summed E-state index contributed by atoms with van der Waals surface area (Å²) in [6.45, 7) is 7.75. The lowest BCUT2D eigenvalue weighted by Crippen LogP contribution is -2.61. The highest BCUT2D eigenvalue weighted by molar-refractivity contribution is 6.24. The molecule has 3 aromatic rings. The zero-order valence-corrected chi connectivity index (χ0v) is 18.0. The van der Waals surface area contributed by atoms with Gasteiger partial charge in [0.05, 0.1) is 12.2 Å². The summed E-state index contributed by atoms with van der Waals surface area (Å²) in [5.74, 6) is -1.11. The highest BCUT2D eigenvalue weighted by Gasteiger charge is 2.61. The maximum Gasteiger partial charge on any atom is 0.265 e. The van der Waals surface area contributed by atoms with Gasteiger partial charge in [-0.1, -0.05) is 72.8 Å². The van der Waals surface area contributed by atoms with Gasteiger partial charge < -0.3 is 0 Å². The van der Waals surface area contributed by atoms with E-state index in [1.165, 1.54) is 16.7 Å². The molecule has 2 heterocycles. The number of anilines is 1. The number of para-hydroxylation sites is 1. The van der Waals surface area contributed by atoms with Crippen LogP contribution in [0.25, 0.3) is 5.57 Å². The molecule has 1 spiro atoms. The van der Waals surface area contributed by atoms with E-state index >= 15 is 0 Å². The third-order valence-electron chi connectivity index (χ3n) is 6.34. The number of fused-ring (bicyclic) bond motifs is 3. The Kier molecular flexibility index (Phi) is 4.38. The number of benzene rings is 3. The summed E-state index contributed by atoms with van der Waals surface area (Å²) in [5.41, 5.74) is 3.01. The monoisotopic (exact) mass is 422 g/mol. The van der Waals surface area contributed by atoms with Crippen LogP contribution in [-0.4, -0.2) is 22.6 Å². The Bertz CT molecular complexity index is 1310. The van der Waals surface area contributed by atoms with Gasteiger partial charge in [-0.05, 0) is 30.2 Å². The molecule has 5 rings (SSSR count). The van der Waals surface area contributed by atoms with E-state index in [9.17, 15) is 14.4 Å². The number of amides is 3. The molecule has 0 N–H and O–H groups in total. The van der Waals surface area contributed by atoms with Crippen molar-refractivity contribution in [2.45, 2.75) is 25.9 Å². The second kappa shape index (κ2) is 7.02. The van der Waals surface area contributed by atoms with Crippen molar-refractivity contribution in [1.82, 2.24) is 4.90 Å². The fourth-order valence-electron chi connectivity index (χ4n) is 4.96. The molecule has 0 aliphatic carbocycles. The third-order valence-corrected chi connectivity index (χ3v) is 6.34. The molecule has 1 atom stereocenters. The smallest absolute Gasteiger partial charge is 0.265 e. The lowest BCUT2D eigenvalue weighted by Gasteiger charge is -2.45. The molecular formula is C27H22N2O3. The lowest BCUT2D eigenvalue weighted by molar-refractivity contribution is -0.135. The molecule has 2 aliphatic rings. The van der Waals surface area contributed by atoms with Crippen LogP contribution in [0.3, 0.4) is 0 Å². The molecule has 0 bridgehead atoms. The van der Waals surface area contributed by atoms with E-state index in [2.05, 4.69) is 6.58 Å². The standard InChI is InChI=1S/C27H22N2O3/c1-17-13-14-23-22(15-17)25(31)28(16-20-9-5-4-6-10-20)26(32)27(23)18(2)21-11-7-8-12-24(21)29(27)19(3)30/h4-15H,2,16H2,1,3H3. The normalized spacial score (nSPS) is 19.4. The summed E-state index contributed by atoms with van der Waals surface area (Å²) in [6.07, 6.45) is 0. The number of imide groups is 1. The van der Waals surface area contributed by atoms with Crippen LogP contribution in [0.4, 0.5) is 5.69 Å². The molecule has 0 saturated carbocycles. The fourth-order valence-corrected chi connectivity index (χ4v) is 4.96. The van der Waals surface area contributed by atoms with Crippen molar-refractivity contribution < 1.29 is 14.4 Å². The Labute approximate surface area is 186 Å². The Morgan fingerprint density at radius 1 is 0.938 bits per heavy atom. The van der Waals surface area contributed by atoms with Crippen LogP contribution in [0.5, 0.6) is 0 Å². The minimum Gasteiger partial charge on any atom is -0.288 e. The van der Waals surface area contributed by atoms with Crippen molar-refractivity contribution in [2.24, 2.45) is 0 Å². The average molecular weight is 422 g/mol. The molecule has 0 radical (unpaired) electrons. The second-order valence-electron chi connectivity index (χ2n) is 8.29. The van der Waals surface area contributed by atoms with E-state index in [1.54, 1.807) is 12.1 Å². The van der Waals surface area contributed by atoms with Gasteiger partial charge in [0.2, 0.25) is 5.91 Å². The van der Waals surface area contributed by atoms with Crippen LogP contribution in [0.2, 0.25) is 0 Å². The number of carbonyl (C=O) groups is 3. The second-order valence-corrected chi connectivity index (χ2v) is 8.29. The van der Waals surface area contributed by atoms with Gasteiger partial charge in [-0.2, -0.15) is 0 Å². The quantitative estimate of drug-likeness (QED) is 0.573. The number of carbonyl (C=O) groups excluding carboxylic acids is 3. The van der Waals surface area contributed by atoms with E-state index in [4.69, 9.17) is 0 Å². The Hall–Kier alpha value is -3.99. The van der Waals surface area contributed by atoms with Crippen LogP contribution in [0, 0.1) is 6.92 Å². The zero-order chi connectivity index (χ0) is 22.6. The summed E-state index contributed by atoms with van der Waals surface area (Å²) in [7, 11) is 0. The van der Waals surface area contributed by atoms with E-state index in [1.807, 2.05) is 67.6 Å². The van der Waals surface area contributed by atoms with Crippen LogP contribution in [0.15, 0.2) is 79.4 Å². The molecular weight excluding hydrogens is 400 g/mol. The number of hydrogen-bond acceptors (Lipinski definition) is 3. The van der Waals surface area contributed by atoms with Crippen LogP contribution >= 0.6 is 0 Å². The number of rotatable bonds is 2. The molecule has 3 amide bonds. The maximum absolute atomic E-state index is 14.3. The lowest BCUT2D eigenvalue weighted by atomic mass is 9.75. The van der Waals surface area contributed by atoms with Crippen molar-refractivity contribution in [3.8, 4) is 0 Å². The van der Waals surface area contributed by atoms with E-state index < -0.39 is 11.4 Å². The predicted octanol–water partition coefficient (Wildman–Crippen LogP) is 4.45. The van der Waals surface area contributed by atoms with Crippen LogP contribution < -0.4 is 4.90 Å². The highest BCUT2D eigenvalue weighted by atomic mass is 16.2. The van der Waals surface area contributed by atoms with Crippen molar-refractivity contribution in [1.29, 1.82) is 0 Å². The molecule has 2 aliphatic heterocycles. The minimum atomic E-state index is -1.50. The first kappa shape index (κ1) is 19.9. The third kappa shape index (κ3) is 2.54. The van der Waals surface area contributed by atoms with Gasteiger partial charge in [-0.15, -0.1) is 0 Å². The van der Waals surface area contributed by atoms with Crippen molar-refractivity contribution >= 4 is 29.0 Å². The van der Waals surface area contributed by atoms with Crippen molar-refractivity contribution in [2.75, 3.05) is 4.90 Å². The summed E-state index contributed by atoms with van der Waals surface area (Å²) < 4.78 is 0. The van der Waals surface area contributed by atoms with Crippen molar-refractivity contribution in [3.05, 3.63) is 107 Å². The van der Waals surface area contributed by atoms with Gasteiger partial charge in [0.15, 0.2) is 5.54 Å². The maximum atomic E-state index is 14.3. The summed E-state index contributed by atoms with van der Waals surface area (Å²) in [6, 6.07) is 22.2. The number of hydrogen-bond donors (Lipinski definition) is 0. The van der Waals surface area contributed by atoms with Gasteiger partial charge in [0, 0.05) is 23.6 Å². The first-order chi connectivity index (χ1) is 15.4. The molecule has 1 unspecified atom stereocenters. The van der Waals surface area contributed by atoms with Gasteiger partial charge in [0.1, 0.15) is 0 Å². The summed E-state index contributed by atoms with van der Waals surface area (Å²) >= 11 is 0. The van der Waals surface area contributed by atoms with Crippen LogP contribution in [-0.2, 0) is 21.7 Å². The first-order valence-electron chi connectivity index (χ1n) is 10.5. The Balaban J connectivity index is 1.80. The van der Waals surface area contributed by atoms with E-state index in [-0.39, 0.29) is 18.4 Å². The minimum absolute atomic E-state index is 0.114. The Morgan fingerprint density at radius 2 is 1.62 bits per heavy atom. The number of nitrogens with zero attached hydrogens (tertiary/aromatic N) is 2. The number of aryl methyl sites for hydroxylation is 1.